The fourth-order valence-electron chi connectivity index (χ4n) is 2.57. The average Bonchev–Trinajstić information content (AvgIpc) is 2.65. The molecule has 26 heavy (non-hydrogen) atoms. The summed E-state index contributed by atoms with van der Waals surface area (Å²) in [6, 6.07) is 9.76. The number of halogens is 1. The lowest BCUT2D eigenvalue weighted by Crippen LogP contribution is -2.28. The molecule has 0 amide bonds. The van der Waals surface area contributed by atoms with Gasteiger partial charge in [0.05, 0.1) is 21.3 Å². The standard InChI is InChI=1S/C18H22BrNO5S/c1-5-14(12-6-8-15(23-2)17(10-12)25-4)20-26(21,22)18-11-13(19)7-9-16(18)24-3/h6-11,14,20H,5H2,1-4H3. The molecule has 0 aliphatic rings. The predicted octanol–water partition coefficient (Wildman–Crippen LogP) is 3.90. The molecule has 0 saturated carbocycles. The van der Waals surface area contributed by atoms with Crippen LogP contribution < -0.4 is 18.9 Å². The first-order valence-electron chi connectivity index (χ1n) is 7.94. The third-order valence-electron chi connectivity index (χ3n) is 3.93. The monoisotopic (exact) mass is 443 g/mol. The molecular formula is C18H22BrNO5S. The van der Waals surface area contributed by atoms with Crippen molar-refractivity contribution in [2.45, 2.75) is 24.3 Å². The SMILES string of the molecule is CCC(NS(=O)(=O)c1cc(Br)ccc1OC)c1ccc(OC)c(OC)c1. The lowest BCUT2D eigenvalue weighted by molar-refractivity contribution is 0.354. The number of rotatable bonds is 8. The fourth-order valence-corrected chi connectivity index (χ4v) is 4.58. The van der Waals surface area contributed by atoms with Crippen LogP contribution in [0.3, 0.4) is 0 Å². The van der Waals surface area contributed by atoms with E-state index in [0.29, 0.717) is 22.4 Å². The van der Waals surface area contributed by atoms with E-state index in [1.807, 2.05) is 13.0 Å². The van der Waals surface area contributed by atoms with E-state index in [-0.39, 0.29) is 10.6 Å². The number of hydrogen-bond donors (Lipinski definition) is 1. The van der Waals surface area contributed by atoms with Crippen LogP contribution in [-0.2, 0) is 10.0 Å². The van der Waals surface area contributed by atoms with Crippen molar-refractivity contribution in [3.05, 3.63) is 46.4 Å². The van der Waals surface area contributed by atoms with Gasteiger partial charge in [0.2, 0.25) is 10.0 Å². The molecule has 2 rings (SSSR count). The highest BCUT2D eigenvalue weighted by atomic mass is 79.9. The van der Waals surface area contributed by atoms with E-state index in [4.69, 9.17) is 14.2 Å². The Morgan fingerprint density at radius 1 is 0.962 bits per heavy atom. The summed E-state index contributed by atoms with van der Waals surface area (Å²) in [4.78, 5) is 0.0771. The Hall–Kier alpha value is -1.77. The Kier molecular flexibility index (Phi) is 6.91. The van der Waals surface area contributed by atoms with Crippen LogP contribution in [0.4, 0.5) is 0 Å². The van der Waals surface area contributed by atoms with Crippen molar-refractivity contribution in [1.82, 2.24) is 4.72 Å². The summed E-state index contributed by atoms with van der Waals surface area (Å²) in [5.41, 5.74) is 0.780. The average molecular weight is 444 g/mol. The molecule has 2 aromatic rings. The molecule has 1 atom stereocenters. The zero-order valence-corrected chi connectivity index (χ0v) is 17.5. The van der Waals surface area contributed by atoms with Crippen LogP contribution in [-0.4, -0.2) is 29.7 Å². The van der Waals surface area contributed by atoms with Crippen molar-refractivity contribution in [1.29, 1.82) is 0 Å². The smallest absolute Gasteiger partial charge is 0.244 e. The summed E-state index contributed by atoms with van der Waals surface area (Å²) in [5, 5.41) is 0. The lowest BCUT2D eigenvalue weighted by atomic mass is 10.1. The maximum Gasteiger partial charge on any atom is 0.244 e. The molecule has 0 heterocycles. The van der Waals surface area contributed by atoms with Crippen LogP contribution in [0.1, 0.15) is 24.9 Å². The summed E-state index contributed by atoms with van der Waals surface area (Å²) in [7, 11) is 0.735. The first kappa shape index (κ1) is 20.5. The number of nitrogens with one attached hydrogen (secondary N) is 1. The van der Waals surface area contributed by atoms with Crippen LogP contribution >= 0.6 is 15.9 Å². The van der Waals surface area contributed by atoms with Gasteiger partial charge < -0.3 is 14.2 Å². The first-order valence-corrected chi connectivity index (χ1v) is 10.2. The molecule has 0 aliphatic heterocycles. The van der Waals surface area contributed by atoms with Gasteiger partial charge in [-0.1, -0.05) is 28.9 Å². The van der Waals surface area contributed by atoms with Crippen LogP contribution in [0.5, 0.6) is 17.2 Å². The molecule has 142 valence electrons. The molecule has 0 fully saturated rings. The second kappa shape index (κ2) is 8.75. The summed E-state index contributed by atoms with van der Waals surface area (Å²) in [6.45, 7) is 1.90. The van der Waals surface area contributed by atoms with Crippen molar-refractivity contribution >= 4 is 26.0 Å². The molecule has 8 heteroatoms. The highest BCUT2D eigenvalue weighted by Crippen LogP contribution is 2.33. The van der Waals surface area contributed by atoms with Crippen molar-refractivity contribution < 1.29 is 22.6 Å². The van der Waals surface area contributed by atoms with Crippen LogP contribution in [0, 0.1) is 0 Å². The van der Waals surface area contributed by atoms with E-state index in [1.54, 1.807) is 38.5 Å². The maximum atomic E-state index is 12.9. The van der Waals surface area contributed by atoms with E-state index in [9.17, 15) is 8.42 Å². The Labute approximate surface area is 162 Å². The van der Waals surface area contributed by atoms with Gasteiger partial charge in [0.15, 0.2) is 11.5 Å². The molecule has 1 N–H and O–H groups in total. The predicted molar refractivity (Wildman–Crippen MR) is 104 cm³/mol. The Morgan fingerprint density at radius 3 is 2.15 bits per heavy atom. The highest BCUT2D eigenvalue weighted by molar-refractivity contribution is 9.10. The summed E-state index contributed by atoms with van der Waals surface area (Å²) < 4.78 is 45.0. The summed E-state index contributed by atoms with van der Waals surface area (Å²) in [5.74, 6) is 1.41. The van der Waals surface area contributed by atoms with Crippen LogP contribution in [0.15, 0.2) is 45.8 Å². The molecule has 2 aromatic carbocycles. The molecule has 0 saturated heterocycles. The zero-order chi connectivity index (χ0) is 19.3. The Bertz CT molecular complexity index is 870. The molecule has 0 aromatic heterocycles. The maximum absolute atomic E-state index is 12.9. The van der Waals surface area contributed by atoms with Crippen LogP contribution in [0.25, 0.3) is 0 Å². The van der Waals surface area contributed by atoms with Gasteiger partial charge in [-0.2, -0.15) is 0 Å². The minimum absolute atomic E-state index is 0.0771. The van der Waals surface area contributed by atoms with Crippen LogP contribution in [0.2, 0.25) is 0 Å². The second-order valence-corrected chi connectivity index (χ2v) is 8.09. The van der Waals surface area contributed by atoms with E-state index in [1.165, 1.54) is 13.2 Å². The lowest BCUT2D eigenvalue weighted by Gasteiger charge is -2.20. The normalized spacial score (nSPS) is 12.5. The highest BCUT2D eigenvalue weighted by Gasteiger charge is 2.24. The molecule has 0 spiro atoms. The van der Waals surface area contributed by atoms with E-state index in [2.05, 4.69) is 20.7 Å². The number of methoxy groups -OCH3 is 3. The summed E-state index contributed by atoms with van der Waals surface area (Å²) >= 11 is 3.30. The zero-order valence-electron chi connectivity index (χ0n) is 15.1. The molecule has 0 aliphatic carbocycles. The number of hydrogen-bond acceptors (Lipinski definition) is 5. The van der Waals surface area contributed by atoms with E-state index in [0.717, 1.165) is 5.56 Å². The first-order chi connectivity index (χ1) is 12.4. The van der Waals surface area contributed by atoms with Crippen molar-refractivity contribution in [3.8, 4) is 17.2 Å². The minimum atomic E-state index is -3.80. The third-order valence-corrected chi connectivity index (χ3v) is 5.92. The molecule has 0 radical (unpaired) electrons. The largest absolute Gasteiger partial charge is 0.495 e. The number of benzene rings is 2. The quantitative estimate of drug-likeness (QED) is 0.669. The molecule has 0 bridgehead atoms. The molecule has 1 unspecified atom stereocenters. The van der Waals surface area contributed by atoms with Gasteiger partial charge >= 0.3 is 0 Å². The van der Waals surface area contributed by atoms with Gasteiger partial charge in [0, 0.05) is 10.5 Å². The van der Waals surface area contributed by atoms with Gasteiger partial charge in [-0.25, -0.2) is 13.1 Å². The molecular weight excluding hydrogens is 422 g/mol. The second-order valence-electron chi connectivity index (χ2n) is 5.49. The fraction of sp³-hybridized carbons (Fsp3) is 0.333. The van der Waals surface area contributed by atoms with Gasteiger partial charge in [-0.15, -0.1) is 0 Å². The summed E-state index contributed by atoms with van der Waals surface area (Å²) in [6.07, 6.45) is 0.561. The number of sulfonamides is 1. The van der Waals surface area contributed by atoms with E-state index >= 15 is 0 Å². The topological polar surface area (TPSA) is 73.9 Å². The van der Waals surface area contributed by atoms with E-state index < -0.39 is 16.1 Å². The Balaban J connectivity index is 2.39. The third kappa shape index (κ3) is 4.49. The van der Waals surface area contributed by atoms with Gasteiger partial charge in [-0.05, 0) is 42.3 Å². The van der Waals surface area contributed by atoms with Gasteiger partial charge in [0.1, 0.15) is 10.6 Å². The van der Waals surface area contributed by atoms with Crippen molar-refractivity contribution in [2.75, 3.05) is 21.3 Å². The Morgan fingerprint density at radius 2 is 1.58 bits per heavy atom. The minimum Gasteiger partial charge on any atom is -0.495 e. The van der Waals surface area contributed by atoms with Gasteiger partial charge in [0.25, 0.3) is 0 Å². The van der Waals surface area contributed by atoms with Crippen molar-refractivity contribution in [3.63, 3.8) is 0 Å². The molecule has 6 nitrogen and oxygen atoms in total. The van der Waals surface area contributed by atoms with Gasteiger partial charge in [-0.3, -0.25) is 0 Å². The number of ether oxygens (including phenoxy) is 3. The van der Waals surface area contributed by atoms with Crippen molar-refractivity contribution in [2.24, 2.45) is 0 Å².